The monoisotopic (exact) mass is 169 g/mol. The number of hydrogen-bond donors (Lipinski definition) is 1. The Morgan fingerprint density at radius 3 is 2.91 bits per heavy atom. The first-order chi connectivity index (χ1) is 5.25. The summed E-state index contributed by atoms with van der Waals surface area (Å²) in [5.74, 6) is -0.331. The number of aromatic nitrogens is 1. The van der Waals surface area contributed by atoms with Gasteiger partial charge in [0.2, 0.25) is 0 Å². The summed E-state index contributed by atoms with van der Waals surface area (Å²) < 4.78 is 12.6. The number of aromatic amines is 1. The van der Waals surface area contributed by atoms with E-state index in [0.29, 0.717) is 5.02 Å². The highest BCUT2D eigenvalue weighted by molar-refractivity contribution is 6.31. The van der Waals surface area contributed by atoms with Crippen molar-refractivity contribution in [2.45, 2.75) is 0 Å². The molecule has 11 heavy (non-hydrogen) atoms. The molecule has 0 atom stereocenters. The van der Waals surface area contributed by atoms with Crippen molar-refractivity contribution in [3.8, 4) is 0 Å². The van der Waals surface area contributed by atoms with Crippen molar-refractivity contribution in [1.82, 2.24) is 4.98 Å². The molecule has 0 fully saturated rings. The number of H-pyrrole nitrogens is 1. The van der Waals surface area contributed by atoms with Crippen molar-refractivity contribution in [1.29, 1.82) is 0 Å². The molecule has 2 rings (SSSR count). The molecular formula is C8H5ClFN. The maximum atomic E-state index is 12.6. The van der Waals surface area contributed by atoms with Gasteiger partial charge in [0.1, 0.15) is 0 Å². The van der Waals surface area contributed by atoms with Crippen LogP contribution in [0.15, 0.2) is 24.3 Å². The second-order valence-corrected chi connectivity index (χ2v) is 2.79. The van der Waals surface area contributed by atoms with Crippen LogP contribution in [0.25, 0.3) is 10.9 Å². The van der Waals surface area contributed by atoms with Gasteiger partial charge in [-0.3, -0.25) is 0 Å². The lowest BCUT2D eigenvalue weighted by molar-refractivity contribution is 0.595. The summed E-state index contributed by atoms with van der Waals surface area (Å²) in [4.78, 5) is 2.55. The van der Waals surface area contributed by atoms with E-state index in [-0.39, 0.29) is 5.95 Å². The Hall–Kier alpha value is -1.02. The number of halogens is 2. The van der Waals surface area contributed by atoms with Gasteiger partial charge in [0.05, 0.1) is 0 Å². The van der Waals surface area contributed by atoms with Crippen LogP contribution in [0.3, 0.4) is 0 Å². The summed E-state index contributed by atoms with van der Waals surface area (Å²) >= 11 is 5.69. The van der Waals surface area contributed by atoms with E-state index < -0.39 is 0 Å². The Balaban J connectivity index is 2.82. The van der Waals surface area contributed by atoms with Gasteiger partial charge in [-0.05, 0) is 12.1 Å². The summed E-state index contributed by atoms with van der Waals surface area (Å²) in [6, 6.07) is 6.64. The van der Waals surface area contributed by atoms with E-state index in [1.54, 1.807) is 18.2 Å². The fourth-order valence-electron chi connectivity index (χ4n) is 1.06. The van der Waals surface area contributed by atoms with E-state index in [1.807, 2.05) is 0 Å². The third-order valence-electron chi connectivity index (χ3n) is 1.55. The lowest BCUT2D eigenvalue weighted by Crippen LogP contribution is -1.68. The second kappa shape index (κ2) is 2.24. The topological polar surface area (TPSA) is 15.8 Å². The minimum Gasteiger partial charge on any atom is -0.331 e. The van der Waals surface area contributed by atoms with Crippen molar-refractivity contribution in [2.24, 2.45) is 0 Å². The van der Waals surface area contributed by atoms with Crippen LogP contribution in [-0.2, 0) is 0 Å². The number of hydrogen-bond acceptors (Lipinski definition) is 0. The molecule has 1 nitrogen and oxygen atoms in total. The number of rotatable bonds is 0. The van der Waals surface area contributed by atoms with Crippen molar-refractivity contribution >= 4 is 22.5 Å². The zero-order valence-corrected chi connectivity index (χ0v) is 6.32. The molecule has 3 heteroatoms. The molecule has 56 valence electrons. The van der Waals surface area contributed by atoms with Gasteiger partial charge < -0.3 is 4.98 Å². The molecule has 0 aliphatic carbocycles. The summed E-state index contributed by atoms with van der Waals surface area (Å²) in [7, 11) is 0. The standard InChI is InChI=1S/C8H5ClFN/c9-6-2-1-5-3-8(10)11-7(5)4-6/h1-4,11H. The molecule has 0 aliphatic rings. The van der Waals surface area contributed by atoms with E-state index in [0.717, 1.165) is 10.9 Å². The first-order valence-corrected chi connectivity index (χ1v) is 3.57. The molecule has 0 aliphatic heterocycles. The van der Waals surface area contributed by atoms with Crippen LogP contribution >= 0.6 is 11.6 Å². The van der Waals surface area contributed by atoms with Gasteiger partial charge in [0, 0.05) is 22.0 Å². The minimum absolute atomic E-state index is 0.331. The van der Waals surface area contributed by atoms with E-state index in [2.05, 4.69) is 4.98 Å². The minimum atomic E-state index is -0.331. The number of fused-ring (bicyclic) bond motifs is 1. The van der Waals surface area contributed by atoms with Crippen LogP contribution in [0.2, 0.25) is 5.02 Å². The maximum Gasteiger partial charge on any atom is 0.192 e. The smallest absolute Gasteiger partial charge is 0.192 e. The summed E-state index contributed by atoms with van der Waals surface area (Å²) in [6.45, 7) is 0. The summed E-state index contributed by atoms with van der Waals surface area (Å²) in [6.07, 6.45) is 0. The lowest BCUT2D eigenvalue weighted by Gasteiger charge is -1.88. The Labute approximate surface area is 67.8 Å². The van der Waals surface area contributed by atoms with E-state index in [4.69, 9.17) is 11.6 Å². The zero-order chi connectivity index (χ0) is 7.84. The molecule has 0 bridgehead atoms. The normalized spacial score (nSPS) is 10.7. The third-order valence-corrected chi connectivity index (χ3v) is 1.79. The van der Waals surface area contributed by atoms with Crippen LogP contribution < -0.4 is 0 Å². The highest BCUT2D eigenvalue weighted by atomic mass is 35.5. The Bertz CT molecular complexity index is 394. The van der Waals surface area contributed by atoms with Gasteiger partial charge in [-0.15, -0.1) is 0 Å². The summed E-state index contributed by atoms with van der Waals surface area (Å²) in [5, 5.41) is 1.45. The first-order valence-electron chi connectivity index (χ1n) is 3.19. The van der Waals surface area contributed by atoms with E-state index in [9.17, 15) is 4.39 Å². The van der Waals surface area contributed by atoms with Gasteiger partial charge in [-0.25, -0.2) is 0 Å². The average Bonchev–Trinajstić information content (AvgIpc) is 2.27. The second-order valence-electron chi connectivity index (χ2n) is 2.35. The molecule has 0 unspecified atom stereocenters. The zero-order valence-electron chi connectivity index (χ0n) is 5.57. The average molecular weight is 170 g/mol. The quantitative estimate of drug-likeness (QED) is 0.624. The van der Waals surface area contributed by atoms with Gasteiger partial charge in [-0.1, -0.05) is 17.7 Å². The van der Waals surface area contributed by atoms with Crippen molar-refractivity contribution in [3.63, 3.8) is 0 Å². The highest BCUT2D eigenvalue weighted by Gasteiger charge is 1.98. The van der Waals surface area contributed by atoms with Gasteiger partial charge in [0.15, 0.2) is 5.95 Å². The van der Waals surface area contributed by atoms with E-state index in [1.165, 1.54) is 6.07 Å². The van der Waals surface area contributed by atoms with Crippen LogP contribution in [0, 0.1) is 5.95 Å². The summed E-state index contributed by atoms with van der Waals surface area (Å²) in [5.41, 5.74) is 0.731. The molecule has 0 saturated heterocycles. The Morgan fingerprint density at radius 1 is 1.27 bits per heavy atom. The molecule has 1 aromatic carbocycles. The molecule has 0 amide bonds. The Kier molecular flexibility index (Phi) is 1.36. The maximum absolute atomic E-state index is 12.6. The number of nitrogens with one attached hydrogen (secondary N) is 1. The van der Waals surface area contributed by atoms with Gasteiger partial charge in [-0.2, -0.15) is 4.39 Å². The highest BCUT2D eigenvalue weighted by Crippen LogP contribution is 2.18. The predicted molar refractivity (Wildman–Crippen MR) is 43.3 cm³/mol. The number of benzene rings is 1. The molecule has 0 radical (unpaired) electrons. The molecule has 1 aromatic heterocycles. The van der Waals surface area contributed by atoms with Crippen molar-refractivity contribution < 1.29 is 4.39 Å². The molecule has 0 saturated carbocycles. The fourth-order valence-corrected chi connectivity index (χ4v) is 1.24. The van der Waals surface area contributed by atoms with Gasteiger partial charge in [0.25, 0.3) is 0 Å². The van der Waals surface area contributed by atoms with Gasteiger partial charge >= 0.3 is 0 Å². The largest absolute Gasteiger partial charge is 0.331 e. The fraction of sp³-hybridized carbons (Fsp3) is 0. The molecule has 0 spiro atoms. The van der Waals surface area contributed by atoms with Crippen LogP contribution in [0.4, 0.5) is 4.39 Å². The lowest BCUT2D eigenvalue weighted by atomic mass is 10.2. The predicted octanol–water partition coefficient (Wildman–Crippen LogP) is 2.96. The van der Waals surface area contributed by atoms with Crippen LogP contribution in [-0.4, -0.2) is 4.98 Å². The third kappa shape index (κ3) is 1.10. The first kappa shape index (κ1) is 6.68. The SMILES string of the molecule is Fc1cc2ccc(Cl)cc2[nH]1. The van der Waals surface area contributed by atoms with Crippen molar-refractivity contribution in [2.75, 3.05) is 0 Å². The van der Waals surface area contributed by atoms with Crippen LogP contribution in [0.1, 0.15) is 0 Å². The van der Waals surface area contributed by atoms with Crippen LogP contribution in [0.5, 0.6) is 0 Å². The Morgan fingerprint density at radius 2 is 2.09 bits per heavy atom. The molecule has 1 N–H and O–H groups in total. The van der Waals surface area contributed by atoms with E-state index >= 15 is 0 Å². The molecule has 2 aromatic rings. The molecule has 1 heterocycles. The molecular weight excluding hydrogens is 165 g/mol. The van der Waals surface area contributed by atoms with Crippen molar-refractivity contribution in [3.05, 3.63) is 35.2 Å².